The summed E-state index contributed by atoms with van der Waals surface area (Å²) in [7, 11) is 0. The van der Waals surface area contributed by atoms with Crippen LogP contribution < -0.4 is 0 Å². The van der Waals surface area contributed by atoms with Crippen LogP contribution in [0, 0.1) is 0 Å². The lowest BCUT2D eigenvalue weighted by molar-refractivity contribution is 0.0158. The Morgan fingerprint density at radius 1 is 1.41 bits per heavy atom. The highest BCUT2D eigenvalue weighted by molar-refractivity contribution is 6.34. The van der Waals surface area contributed by atoms with Gasteiger partial charge in [-0.2, -0.15) is 0 Å². The van der Waals surface area contributed by atoms with Gasteiger partial charge in [-0.15, -0.1) is 0 Å². The number of nitrogens with one attached hydrogen (secondary N) is 1. The maximum atomic E-state index is 6.10. The molecule has 0 amide bonds. The summed E-state index contributed by atoms with van der Waals surface area (Å²) in [5.41, 5.74) is 1.86. The molecule has 4 heteroatoms. The number of fused-ring (bicyclic) bond motifs is 1. The summed E-state index contributed by atoms with van der Waals surface area (Å²) in [6, 6.07) is 5.80. The van der Waals surface area contributed by atoms with E-state index in [0.717, 1.165) is 36.3 Å². The Morgan fingerprint density at radius 3 is 3.12 bits per heavy atom. The summed E-state index contributed by atoms with van der Waals surface area (Å²) in [6.45, 7) is 0.881. The minimum absolute atomic E-state index is 0.308. The van der Waals surface area contributed by atoms with Gasteiger partial charge in [-0.05, 0) is 31.4 Å². The molecule has 2 aromatic rings. The van der Waals surface area contributed by atoms with Crippen LogP contribution in [0.4, 0.5) is 0 Å². The van der Waals surface area contributed by atoms with E-state index in [1.165, 1.54) is 12.8 Å². The minimum Gasteiger partial charge on any atom is -0.378 e. The number of para-hydroxylation sites is 1. The first-order valence-electron chi connectivity index (χ1n) is 6.07. The molecule has 2 heterocycles. The summed E-state index contributed by atoms with van der Waals surface area (Å²) in [5, 5.41) is 0.703. The van der Waals surface area contributed by atoms with E-state index in [9.17, 15) is 0 Å². The molecule has 1 atom stereocenters. The van der Waals surface area contributed by atoms with Gasteiger partial charge in [-0.25, -0.2) is 4.98 Å². The van der Waals surface area contributed by atoms with Crippen molar-refractivity contribution in [2.45, 2.75) is 31.8 Å². The first-order valence-corrected chi connectivity index (χ1v) is 6.45. The van der Waals surface area contributed by atoms with E-state index in [-0.39, 0.29) is 0 Å². The molecule has 1 aliphatic heterocycles. The maximum absolute atomic E-state index is 6.10. The van der Waals surface area contributed by atoms with Crippen molar-refractivity contribution in [1.29, 1.82) is 0 Å². The fraction of sp³-hybridized carbons (Fsp3) is 0.462. The van der Waals surface area contributed by atoms with Gasteiger partial charge in [0.2, 0.25) is 0 Å². The van der Waals surface area contributed by atoms with E-state index < -0.39 is 0 Å². The van der Waals surface area contributed by atoms with Gasteiger partial charge in [0, 0.05) is 13.0 Å². The van der Waals surface area contributed by atoms with Gasteiger partial charge in [0.15, 0.2) is 0 Å². The van der Waals surface area contributed by atoms with Gasteiger partial charge in [-0.1, -0.05) is 17.7 Å². The predicted octanol–water partition coefficient (Wildman–Crippen LogP) is 3.33. The molecule has 0 radical (unpaired) electrons. The quantitative estimate of drug-likeness (QED) is 0.888. The highest BCUT2D eigenvalue weighted by Gasteiger charge is 2.16. The first kappa shape index (κ1) is 11.1. The molecule has 90 valence electrons. The second kappa shape index (κ2) is 4.67. The van der Waals surface area contributed by atoms with Gasteiger partial charge >= 0.3 is 0 Å². The number of aromatic nitrogens is 2. The van der Waals surface area contributed by atoms with Gasteiger partial charge in [0.25, 0.3) is 0 Å². The molecule has 0 bridgehead atoms. The first-order chi connectivity index (χ1) is 8.33. The Kier molecular flexibility index (Phi) is 3.04. The number of rotatable bonds is 2. The molecule has 3 nitrogen and oxygen atoms in total. The number of hydrogen-bond acceptors (Lipinski definition) is 2. The fourth-order valence-electron chi connectivity index (χ4n) is 2.33. The number of H-pyrrole nitrogens is 1. The maximum Gasteiger partial charge on any atom is 0.109 e. The molecule has 1 N–H and O–H groups in total. The Hall–Kier alpha value is -1.06. The largest absolute Gasteiger partial charge is 0.378 e. The summed E-state index contributed by atoms with van der Waals surface area (Å²) < 4.78 is 5.72. The van der Waals surface area contributed by atoms with Crippen LogP contribution in [0.5, 0.6) is 0 Å². The number of nitrogens with zero attached hydrogens (tertiary/aromatic N) is 1. The van der Waals surface area contributed by atoms with E-state index in [1.807, 2.05) is 18.2 Å². The predicted molar refractivity (Wildman–Crippen MR) is 68.4 cm³/mol. The molecule has 1 unspecified atom stereocenters. The molecular formula is C13H15ClN2O. The van der Waals surface area contributed by atoms with Crippen LogP contribution in [-0.2, 0) is 11.2 Å². The van der Waals surface area contributed by atoms with Gasteiger partial charge < -0.3 is 9.72 Å². The van der Waals surface area contributed by atoms with Crippen LogP contribution in [0.25, 0.3) is 11.0 Å². The Balaban J connectivity index is 1.83. The third-order valence-electron chi connectivity index (χ3n) is 3.21. The zero-order valence-electron chi connectivity index (χ0n) is 9.58. The summed E-state index contributed by atoms with van der Waals surface area (Å²) in [6.07, 6.45) is 4.73. The normalized spacial score (nSPS) is 20.9. The van der Waals surface area contributed by atoms with Gasteiger partial charge in [-0.3, -0.25) is 0 Å². The fourth-order valence-corrected chi connectivity index (χ4v) is 2.55. The average molecular weight is 251 g/mol. The molecule has 1 aromatic carbocycles. The highest BCUT2D eigenvalue weighted by Crippen LogP contribution is 2.22. The van der Waals surface area contributed by atoms with Crippen molar-refractivity contribution in [3.8, 4) is 0 Å². The second-order valence-electron chi connectivity index (χ2n) is 4.51. The van der Waals surface area contributed by atoms with Crippen LogP contribution in [0.2, 0.25) is 5.02 Å². The van der Waals surface area contributed by atoms with Crippen LogP contribution in [-0.4, -0.2) is 22.7 Å². The minimum atomic E-state index is 0.308. The molecular weight excluding hydrogens is 236 g/mol. The topological polar surface area (TPSA) is 37.9 Å². The Morgan fingerprint density at radius 2 is 2.35 bits per heavy atom. The lowest BCUT2D eigenvalue weighted by atomic mass is 10.1. The summed E-state index contributed by atoms with van der Waals surface area (Å²) in [5.74, 6) is 0.972. The highest BCUT2D eigenvalue weighted by atomic mass is 35.5. The standard InChI is InChI=1S/C13H15ClN2O/c14-10-5-3-6-11-13(10)16-12(15-11)8-9-4-1-2-7-17-9/h3,5-6,9H,1-2,4,7-8H2,(H,15,16). The van der Waals surface area contributed by atoms with E-state index in [0.29, 0.717) is 11.1 Å². The SMILES string of the molecule is Clc1cccc2[nH]c(CC3CCCCO3)nc12. The number of benzene rings is 1. The van der Waals surface area contributed by atoms with Gasteiger partial charge in [0.1, 0.15) is 11.3 Å². The van der Waals surface area contributed by atoms with E-state index in [1.54, 1.807) is 0 Å². The molecule has 1 saturated heterocycles. The van der Waals surface area contributed by atoms with Crippen LogP contribution >= 0.6 is 11.6 Å². The zero-order valence-corrected chi connectivity index (χ0v) is 10.3. The molecule has 1 aromatic heterocycles. The van der Waals surface area contributed by atoms with Crippen molar-refractivity contribution in [3.05, 3.63) is 29.0 Å². The van der Waals surface area contributed by atoms with Crippen molar-refractivity contribution in [2.75, 3.05) is 6.61 Å². The van der Waals surface area contributed by atoms with E-state index >= 15 is 0 Å². The van der Waals surface area contributed by atoms with Crippen molar-refractivity contribution in [1.82, 2.24) is 9.97 Å². The van der Waals surface area contributed by atoms with E-state index in [2.05, 4.69) is 9.97 Å². The average Bonchev–Trinajstić information content (AvgIpc) is 2.74. The molecule has 0 saturated carbocycles. The number of aromatic amines is 1. The summed E-state index contributed by atoms with van der Waals surface area (Å²) >= 11 is 6.10. The van der Waals surface area contributed by atoms with E-state index in [4.69, 9.17) is 16.3 Å². The van der Waals surface area contributed by atoms with Crippen LogP contribution in [0.3, 0.4) is 0 Å². The molecule has 3 rings (SSSR count). The lowest BCUT2D eigenvalue weighted by Gasteiger charge is -2.21. The van der Waals surface area contributed by atoms with Crippen molar-refractivity contribution in [2.24, 2.45) is 0 Å². The summed E-state index contributed by atoms with van der Waals surface area (Å²) in [4.78, 5) is 7.85. The smallest absolute Gasteiger partial charge is 0.109 e. The molecule has 1 aliphatic rings. The van der Waals surface area contributed by atoms with Crippen molar-refractivity contribution >= 4 is 22.6 Å². The molecule has 0 spiro atoms. The lowest BCUT2D eigenvalue weighted by Crippen LogP contribution is -2.21. The van der Waals surface area contributed by atoms with Gasteiger partial charge in [0.05, 0.1) is 16.6 Å². The molecule has 0 aliphatic carbocycles. The molecule has 1 fully saturated rings. The third-order valence-corrected chi connectivity index (χ3v) is 3.51. The van der Waals surface area contributed by atoms with Crippen molar-refractivity contribution < 1.29 is 4.74 Å². The third kappa shape index (κ3) is 2.31. The Labute approximate surface area is 105 Å². The van der Waals surface area contributed by atoms with Crippen LogP contribution in [0.15, 0.2) is 18.2 Å². The Bertz CT molecular complexity index is 517. The monoisotopic (exact) mass is 250 g/mol. The number of hydrogen-bond donors (Lipinski definition) is 1. The molecule has 17 heavy (non-hydrogen) atoms. The number of ether oxygens (including phenoxy) is 1. The number of imidazole rings is 1. The van der Waals surface area contributed by atoms with Crippen molar-refractivity contribution in [3.63, 3.8) is 0 Å². The zero-order chi connectivity index (χ0) is 11.7. The second-order valence-corrected chi connectivity index (χ2v) is 4.92. The van der Waals surface area contributed by atoms with Crippen LogP contribution in [0.1, 0.15) is 25.1 Å². The number of halogens is 1.